The molecule has 5 heteroatoms. The van der Waals surface area contributed by atoms with Crippen molar-refractivity contribution >= 4 is 23.2 Å². The molecule has 0 atom stereocenters. The Kier molecular flexibility index (Phi) is 5.14. The van der Waals surface area contributed by atoms with E-state index < -0.39 is 0 Å². The van der Waals surface area contributed by atoms with Crippen molar-refractivity contribution in [2.24, 2.45) is 0 Å². The third kappa shape index (κ3) is 3.51. The molecule has 134 valence electrons. The molecule has 1 N–H and O–H groups in total. The Balaban J connectivity index is 1.93. The topological polar surface area (TPSA) is 55.1 Å². The average Bonchev–Trinajstić information content (AvgIpc) is 2.96. The van der Waals surface area contributed by atoms with E-state index in [0.717, 1.165) is 11.3 Å². The number of nitrogens with one attached hydrogen (secondary N) is 1. The van der Waals surface area contributed by atoms with Crippen molar-refractivity contribution in [3.05, 3.63) is 69.9 Å². The Bertz CT molecular complexity index is 960. The van der Waals surface area contributed by atoms with Crippen molar-refractivity contribution < 1.29 is 9.32 Å². The zero-order chi connectivity index (χ0) is 18.8. The number of carbonyl (C=O) groups excluding carboxylic acids is 1. The zero-order valence-corrected chi connectivity index (χ0v) is 16.0. The normalized spacial score (nSPS) is 11.0. The van der Waals surface area contributed by atoms with Crippen LogP contribution in [0, 0.1) is 13.8 Å². The van der Waals surface area contributed by atoms with Crippen LogP contribution in [0.25, 0.3) is 11.3 Å². The number of rotatable bonds is 4. The molecule has 2 aromatic carbocycles. The summed E-state index contributed by atoms with van der Waals surface area (Å²) in [6.45, 7) is 8.06. The van der Waals surface area contributed by atoms with Gasteiger partial charge in [-0.25, -0.2) is 0 Å². The van der Waals surface area contributed by atoms with Crippen LogP contribution in [0.1, 0.15) is 47.0 Å². The van der Waals surface area contributed by atoms with Crippen molar-refractivity contribution in [1.29, 1.82) is 0 Å². The van der Waals surface area contributed by atoms with Crippen LogP contribution < -0.4 is 5.32 Å². The molecule has 0 bridgehead atoms. The molecule has 0 spiro atoms. The molecule has 3 aromatic rings. The van der Waals surface area contributed by atoms with Gasteiger partial charge in [0, 0.05) is 11.3 Å². The molecule has 0 aliphatic heterocycles. The smallest absolute Gasteiger partial charge is 0.261 e. The number of hydrogen-bond donors (Lipinski definition) is 1. The summed E-state index contributed by atoms with van der Waals surface area (Å²) in [7, 11) is 0. The summed E-state index contributed by atoms with van der Waals surface area (Å²) in [4.78, 5) is 12.9. The molecule has 0 aliphatic carbocycles. The lowest BCUT2D eigenvalue weighted by atomic mass is 9.97. The number of anilines is 1. The van der Waals surface area contributed by atoms with Crippen molar-refractivity contribution in [3.63, 3.8) is 0 Å². The highest BCUT2D eigenvalue weighted by Gasteiger charge is 2.23. The van der Waals surface area contributed by atoms with Gasteiger partial charge in [-0.1, -0.05) is 54.9 Å². The van der Waals surface area contributed by atoms with E-state index in [0.29, 0.717) is 33.5 Å². The quantitative estimate of drug-likeness (QED) is 0.615. The van der Waals surface area contributed by atoms with Gasteiger partial charge >= 0.3 is 0 Å². The zero-order valence-electron chi connectivity index (χ0n) is 15.3. The monoisotopic (exact) mass is 368 g/mol. The van der Waals surface area contributed by atoms with E-state index in [9.17, 15) is 4.79 Å². The van der Waals surface area contributed by atoms with Crippen molar-refractivity contribution in [1.82, 2.24) is 5.16 Å². The van der Waals surface area contributed by atoms with Gasteiger partial charge in [0.1, 0.15) is 17.0 Å². The average molecular weight is 369 g/mol. The molecule has 1 aromatic heterocycles. The molecule has 0 saturated carbocycles. The van der Waals surface area contributed by atoms with Crippen LogP contribution in [-0.4, -0.2) is 11.1 Å². The largest absolute Gasteiger partial charge is 0.360 e. The molecular weight excluding hydrogens is 348 g/mol. The minimum Gasteiger partial charge on any atom is -0.360 e. The summed E-state index contributed by atoms with van der Waals surface area (Å²) in [5.41, 5.74) is 4.65. The molecule has 0 unspecified atom stereocenters. The number of aryl methyl sites for hydroxylation is 2. The van der Waals surface area contributed by atoms with Crippen LogP contribution >= 0.6 is 11.6 Å². The second-order valence-corrected chi connectivity index (χ2v) is 7.03. The number of benzene rings is 2. The highest BCUT2D eigenvalue weighted by molar-refractivity contribution is 6.33. The van der Waals surface area contributed by atoms with E-state index in [1.165, 1.54) is 5.56 Å². The van der Waals surface area contributed by atoms with E-state index in [-0.39, 0.29) is 5.91 Å². The van der Waals surface area contributed by atoms with E-state index >= 15 is 0 Å². The predicted octanol–water partition coefficient (Wildman–Crippen LogP) is 5.99. The standard InChI is InChI=1S/C21H21ClN2O2/c1-12(2)16-10-9-15(11-13(16)3)23-21(25)19-14(4)26-24-20(19)17-7-5-6-8-18(17)22/h5-12H,1-4H3,(H,23,25). The summed E-state index contributed by atoms with van der Waals surface area (Å²) < 4.78 is 5.27. The Morgan fingerprint density at radius 2 is 1.88 bits per heavy atom. The van der Waals surface area contributed by atoms with Gasteiger partial charge in [0.05, 0.1) is 5.02 Å². The lowest BCUT2D eigenvalue weighted by molar-refractivity contribution is 0.102. The van der Waals surface area contributed by atoms with E-state index in [2.05, 4.69) is 24.3 Å². The third-order valence-corrected chi connectivity index (χ3v) is 4.70. The predicted molar refractivity (Wildman–Crippen MR) is 105 cm³/mol. The van der Waals surface area contributed by atoms with Crippen molar-refractivity contribution in [2.45, 2.75) is 33.6 Å². The Morgan fingerprint density at radius 1 is 1.15 bits per heavy atom. The fourth-order valence-electron chi connectivity index (χ4n) is 3.07. The van der Waals surface area contributed by atoms with Crippen molar-refractivity contribution in [3.8, 4) is 11.3 Å². The maximum atomic E-state index is 12.9. The summed E-state index contributed by atoms with van der Waals surface area (Å²) in [5.74, 6) is 0.621. The molecule has 0 radical (unpaired) electrons. The number of nitrogens with zero attached hydrogens (tertiary/aromatic N) is 1. The Labute approximate surface area is 158 Å². The van der Waals surface area contributed by atoms with E-state index in [1.807, 2.05) is 43.3 Å². The molecule has 3 rings (SSSR count). The first kappa shape index (κ1) is 18.2. The van der Waals surface area contributed by atoms with Gasteiger partial charge in [0.25, 0.3) is 5.91 Å². The van der Waals surface area contributed by atoms with Gasteiger partial charge in [-0.15, -0.1) is 0 Å². The summed E-state index contributed by atoms with van der Waals surface area (Å²) in [5, 5.41) is 7.50. The number of hydrogen-bond acceptors (Lipinski definition) is 3. The minimum absolute atomic E-state index is 0.268. The van der Waals surface area contributed by atoms with E-state index in [4.69, 9.17) is 16.1 Å². The minimum atomic E-state index is -0.268. The molecular formula is C21H21ClN2O2. The van der Waals surface area contributed by atoms with E-state index in [1.54, 1.807) is 13.0 Å². The lowest BCUT2D eigenvalue weighted by Gasteiger charge is -2.12. The molecule has 0 saturated heterocycles. The number of amides is 1. The highest BCUT2D eigenvalue weighted by atomic mass is 35.5. The first-order valence-electron chi connectivity index (χ1n) is 8.51. The van der Waals surface area contributed by atoms with Gasteiger partial charge in [-0.2, -0.15) is 0 Å². The van der Waals surface area contributed by atoms with Gasteiger partial charge in [-0.05, 0) is 49.1 Å². The Morgan fingerprint density at radius 3 is 2.54 bits per heavy atom. The first-order chi connectivity index (χ1) is 12.4. The lowest BCUT2D eigenvalue weighted by Crippen LogP contribution is -2.14. The van der Waals surface area contributed by atoms with Crippen LogP contribution in [0.4, 0.5) is 5.69 Å². The number of carbonyl (C=O) groups is 1. The second-order valence-electron chi connectivity index (χ2n) is 6.62. The highest BCUT2D eigenvalue weighted by Crippen LogP contribution is 2.31. The molecule has 1 amide bonds. The molecule has 26 heavy (non-hydrogen) atoms. The second kappa shape index (κ2) is 7.34. The molecule has 0 aliphatic rings. The van der Waals surface area contributed by atoms with Crippen LogP contribution in [0.2, 0.25) is 5.02 Å². The van der Waals surface area contributed by atoms with Crippen LogP contribution in [0.5, 0.6) is 0 Å². The molecule has 0 fully saturated rings. The van der Waals surface area contributed by atoms with Crippen LogP contribution in [0.15, 0.2) is 47.0 Å². The van der Waals surface area contributed by atoms with Crippen molar-refractivity contribution in [2.75, 3.05) is 5.32 Å². The maximum absolute atomic E-state index is 12.9. The van der Waals surface area contributed by atoms with Gasteiger partial charge < -0.3 is 9.84 Å². The van der Waals surface area contributed by atoms with Gasteiger partial charge in [-0.3, -0.25) is 4.79 Å². The maximum Gasteiger partial charge on any atom is 0.261 e. The number of halogens is 1. The van der Waals surface area contributed by atoms with Gasteiger partial charge in [0.2, 0.25) is 0 Å². The third-order valence-electron chi connectivity index (χ3n) is 4.37. The van der Waals surface area contributed by atoms with Gasteiger partial charge in [0.15, 0.2) is 0 Å². The Hall–Kier alpha value is -2.59. The molecule has 1 heterocycles. The van der Waals surface area contributed by atoms with Crippen LogP contribution in [-0.2, 0) is 0 Å². The fraction of sp³-hybridized carbons (Fsp3) is 0.238. The molecule has 4 nitrogen and oxygen atoms in total. The summed E-state index contributed by atoms with van der Waals surface area (Å²) >= 11 is 6.26. The fourth-order valence-corrected chi connectivity index (χ4v) is 3.30. The summed E-state index contributed by atoms with van der Waals surface area (Å²) in [6, 6.07) is 13.2. The van der Waals surface area contributed by atoms with Crippen LogP contribution in [0.3, 0.4) is 0 Å². The number of aromatic nitrogens is 1. The summed E-state index contributed by atoms with van der Waals surface area (Å²) in [6.07, 6.45) is 0. The first-order valence-corrected chi connectivity index (χ1v) is 8.89. The SMILES string of the molecule is Cc1cc(NC(=O)c2c(-c3ccccc3Cl)noc2C)ccc1C(C)C.